The van der Waals surface area contributed by atoms with Gasteiger partial charge in [-0.2, -0.15) is 0 Å². The number of aliphatic hydroxyl groups is 1. The van der Waals surface area contributed by atoms with Crippen LogP contribution in [0.3, 0.4) is 0 Å². The van der Waals surface area contributed by atoms with Crippen LogP contribution in [-0.4, -0.2) is 46.8 Å². The number of likely N-dealkylation sites (tertiary alicyclic amines) is 1. The van der Waals surface area contributed by atoms with Crippen LogP contribution in [0.2, 0.25) is 0 Å². The molecule has 1 aliphatic rings. The maximum Gasteiger partial charge on any atom is 0.328 e. The SMILES string of the molecule is O=C(O)C=CCN1CCC(O)CC1. The first-order valence-corrected chi connectivity index (χ1v) is 4.48. The molecule has 0 aliphatic carbocycles. The second-order valence-electron chi connectivity index (χ2n) is 3.27. The molecule has 4 nitrogen and oxygen atoms in total. The number of carboxylic acid groups (broad SMARTS) is 1. The van der Waals surface area contributed by atoms with Crippen LogP contribution in [0.15, 0.2) is 12.2 Å². The molecule has 74 valence electrons. The van der Waals surface area contributed by atoms with Crippen molar-refractivity contribution in [1.29, 1.82) is 0 Å². The number of carboxylic acids is 1. The lowest BCUT2D eigenvalue weighted by molar-refractivity contribution is -0.131. The highest BCUT2D eigenvalue weighted by molar-refractivity contribution is 5.79. The number of aliphatic hydroxyl groups excluding tert-OH is 1. The first-order valence-electron chi connectivity index (χ1n) is 4.48. The zero-order chi connectivity index (χ0) is 9.68. The van der Waals surface area contributed by atoms with Gasteiger partial charge < -0.3 is 10.2 Å². The van der Waals surface area contributed by atoms with E-state index in [0.29, 0.717) is 6.54 Å². The number of aliphatic carboxylic acids is 1. The molecule has 0 atom stereocenters. The van der Waals surface area contributed by atoms with E-state index in [1.807, 2.05) is 0 Å². The van der Waals surface area contributed by atoms with E-state index >= 15 is 0 Å². The molecule has 13 heavy (non-hydrogen) atoms. The van der Waals surface area contributed by atoms with Gasteiger partial charge in [0.2, 0.25) is 0 Å². The Labute approximate surface area is 77.5 Å². The molecule has 0 amide bonds. The molecule has 1 rings (SSSR count). The minimum atomic E-state index is -0.906. The number of rotatable bonds is 3. The topological polar surface area (TPSA) is 60.8 Å². The van der Waals surface area contributed by atoms with Crippen molar-refractivity contribution >= 4 is 5.97 Å². The fraction of sp³-hybridized carbons (Fsp3) is 0.667. The fourth-order valence-corrected chi connectivity index (χ4v) is 1.40. The smallest absolute Gasteiger partial charge is 0.328 e. The summed E-state index contributed by atoms with van der Waals surface area (Å²) in [6, 6.07) is 0. The largest absolute Gasteiger partial charge is 0.478 e. The van der Waals surface area contributed by atoms with Gasteiger partial charge in [-0.05, 0) is 12.8 Å². The lowest BCUT2D eigenvalue weighted by Gasteiger charge is -2.28. The molecule has 1 aliphatic heterocycles. The number of piperidine rings is 1. The molecular weight excluding hydrogens is 170 g/mol. The lowest BCUT2D eigenvalue weighted by atomic mass is 10.1. The van der Waals surface area contributed by atoms with Gasteiger partial charge in [-0.1, -0.05) is 6.08 Å². The highest BCUT2D eigenvalue weighted by Gasteiger charge is 2.15. The molecule has 1 saturated heterocycles. The third-order valence-electron chi connectivity index (χ3n) is 2.18. The van der Waals surface area contributed by atoms with Crippen LogP contribution >= 0.6 is 0 Å². The van der Waals surface area contributed by atoms with Gasteiger partial charge in [0.15, 0.2) is 0 Å². The summed E-state index contributed by atoms with van der Waals surface area (Å²) < 4.78 is 0. The maximum atomic E-state index is 10.1. The van der Waals surface area contributed by atoms with Crippen molar-refractivity contribution in [3.8, 4) is 0 Å². The van der Waals surface area contributed by atoms with Crippen molar-refractivity contribution in [3.05, 3.63) is 12.2 Å². The van der Waals surface area contributed by atoms with E-state index in [2.05, 4.69) is 4.90 Å². The molecule has 0 unspecified atom stereocenters. The minimum Gasteiger partial charge on any atom is -0.478 e. The van der Waals surface area contributed by atoms with E-state index in [-0.39, 0.29) is 6.10 Å². The second kappa shape index (κ2) is 4.99. The predicted molar refractivity (Wildman–Crippen MR) is 48.5 cm³/mol. The monoisotopic (exact) mass is 185 g/mol. The van der Waals surface area contributed by atoms with Gasteiger partial charge in [-0.3, -0.25) is 4.90 Å². The Kier molecular flexibility index (Phi) is 3.92. The quantitative estimate of drug-likeness (QED) is 0.611. The van der Waals surface area contributed by atoms with Crippen molar-refractivity contribution in [2.75, 3.05) is 19.6 Å². The second-order valence-corrected chi connectivity index (χ2v) is 3.27. The van der Waals surface area contributed by atoms with Gasteiger partial charge in [-0.15, -0.1) is 0 Å². The molecule has 0 radical (unpaired) electrons. The molecule has 0 bridgehead atoms. The molecule has 0 aromatic rings. The maximum absolute atomic E-state index is 10.1. The Morgan fingerprint density at radius 1 is 1.46 bits per heavy atom. The average molecular weight is 185 g/mol. The average Bonchev–Trinajstić information content (AvgIpc) is 2.08. The summed E-state index contributed by atoms with van der Waals surface area (Å²) in [5.41, 5.74) is 0. The fourth-order valence-electron chi connectivity index (χ4n) is 1.40. The Morgan fingerprint density at radius 2 is 2.08 bits per heavy atom. The molecule has 0 aromatic heterocycles. The van der Waals surface area contributed by atoms with Gasteiger partial charge in [0.1, 0.15) is 0 Å². The van der Waals surface area contributed by atoms with Crippen LogP contribution in [0.5, 0.6) is 0 Å². The standard InChI is InChI=1S/C9H15NO3/c11-8-3-6-10(7-4-8)5-1-2-9(12)13/h1-2,8,11H,3-7H2,(H,12,13). The summed E-state index contributed by atoms with van der Waals surface area (Å²) in [6.45, 7) is 2.37. The van der Waals surface area contributed by atoms with Crippen molar-refractivity contribution in [3.63, 3.8) is 0 Å². The third kappa shape index (κ3) is 4.05. The zero-order valence-corrected chi connectivity index (χ0v) is 7.52. The number of nitrogens with zero attached hydrogens (tertiary/aromatic N) is 1. The van der Waals surface area contributed by atoms with Crippen LogP contribution in [0.4, 0.5) is 0 Å². The van der Waals surface area contributed by atoms with Gasteiger partial charge >= 0.3 is 5.97 Å². The van der Waals surface area contributed by atoms with E-state index in [4.69, 9.17) is 5.11 Å². The van der Waals surface area contributed by atoms with Crippen LogP contribution in [0.1, 0.15) is 12.8 Å². The van der Waals surface area contributed by atoms with Gasteiger partial charge in [0.25, 0.3) is 0 Å². The van der Waals surface area contributed by atoms with Crippen molar-refractivity contribution in [2.24, 2.45) is 0 Å². The molecule has 0 aromatic carbocycles. The predicted octanol–water partition coefficient (Wildman–Crippen LogP) is 0.0839. The lowest BCUT2D eigenvalue weighted by Crippen LogP contribution is -2.35. The normalized spacial score (nSPS) is 21.0. The molecule has 4 heteroatoms. The summed E-state index contributed by atoms with van der Waals surface area (Å²) >= 11 is 0. The Bertz CT molecular complexity index is 195. The Morgan fingerprint density at radius 3 is 2.62 bits per heavy atom. The minimum absolute atomic E-state index is 0.167. The van der Waals surface area contributed by atoms with Gasteiger partial charge in [0, 0.05) is 25.7 Å². The molecular formula is C9H15NO3. The van der Waals surface area contributed by atoms with Crippen molar-refractivity contribution in [1.82, 2.24) is 4.90 Å². The van der Waals surface area contributed by atoms with E-state index in [1.165, 1.54) is 0 Å². The van der Waals surface area contributed by atoms with Gasteiger partial charge in [0.05, 0.1) is 6.10 Å². The van der Waals surface area contributed by atoms with Crippen LogP contribution in [-0.2, 0) is 4.79 Å². The molecule has 1 fully saturated rings. The Hall–Kier alpha value is -0.870. The van der Waals surface area contributed by atoms with E-state index in [1.54, 1.807) is 6.08 Å². The highest BCUT2D eigenvalue weighted by Crippen LogP contribution is 2.08. The van der Waals surface area contributed by atoms with Crippen molar-refractivity contribution < 1.29 is 15.0 Å². The number of hydrogen-bond acceptors (Lipinski definition) is 3. The third-order valence-corrected chi connectivity index (χ3v) is 2.18. The summed E-state index contributed by atoms with van der Waals surface area (Å²) in [4.78, 5) is 12.3. The van der Waals surface area contributed by atoms with Gasteiger partial charge in [-0.25, -0.2) is 4.79 Å². The van der Waals surface area contributed by atoms with Crippen LogP contribution in [0, 0.1) is 0 Å². The summed E-state index contributed by atoms with van der Waals surface area (Å²) in [5, 5.41) is 17.5. The highest BCUT2D eigenvalue weighted by atomic mass is 16.4. The first-order chi connectivity index (χ1) is 6.18. The molecule has 1 heterocycles. The number of carbonyl (C=O) groups is 1. The van der Waals surface area contributed by atoms with E-state index in [9.17, 15) is 9.90 Å². The molecule has 0 saturated carbocycles. The molecule has 0 spiro atoms. The summed E-state index contributed by atoms with van der Waals surface area (Å²) in [7, 11) is 0. The van der Waals surface area contributed by atoms with E-state index in [0.717, 1.165) is 32.0 Å². The summed E-state index contributed by atoms with van der Waals surface area (Å²) in [6.07, 6.45) is 4.21. The van der Waals surface area contributed by atoms with Crippen LogP contribution < -0.4 is 0 Å². The summed E-state index contributed by atoms with van der Waals surface area (Å²) in [5.74, 6) is -0.906. The van der Waals surface area contributed by atoms with E-state index < -0.39 is 5.97 Å². The van der Waals surface area contributed by atoms with Crippen LogP contribution in [0.25, 0.3) is 0 Å². The molecule has 2 N–H and O–H groups in total. The first kappa shape index (κ1) is 10.2. The Balaban J connectivity index is 2.19. The number of hydrogen-bond donors (Lipinski definition) is 2. The van der Waals surface area contributed by atoms with Crippen molar-refractivity contribution in [2.45, 2.75) is 18.9 Å². The zero-order valence-electron chi connectivity index (χ0n) is 7.52.